The van der Waals surface area contributed by atoms with Crippen LogP contribution >= 0.6 is 0 Å². The number of carboxylic acid groups (broad SMARTS) is 1. The molecule has 0 aliphatic carbocycles. The SMILES string of the molecule is CC/C=C\C/C=C\C/C=C\C/C=C\CCC(=O)OC(COCCC(C(=O)O)[N+](C)(C)C)COC(=O)CCCCCCCCCCCCCCCCCCCC. The average Bonchev–Trinajstić information content (AvgIpc) is 3.14. The van der Waals surface area contributed by atoms with Crippen LogP contribution in [-0.4, -0.2) is 80.6 Å². The quantitative estimate of drug-likeness (QED) is 0.0287. The fourth-order valence-corrected chi connectivity index (χ4v) is 6.34. The third-order valence-corrected chi connectivity index (χ3v) is 9.76. The molecule has 0 radical (unpaired) electrons. The second-order valence-electron chi connectivity index (χ2n) is 15.9. The lowest BCUT2D eigenvalue weighted by molar-refractivity contribution is -0.887. The van der Waals surface area contributed by atoms with Crippen LogP contribution in [-0.2, 0) is 28.6 Å². The lowest BCUT2D eigenvalue weighted by Gasteiger charge is -2.31. The van der Waals surface area contributed by atoms with E-state index in [9.17, 15) is 19.5 Å². The van der Waals surface area contributed by atoms with Gasteiger partial charge in [0.1, 0.15) is 6.61 Å². The molecule has 0 rings (SSSR count). The van der Waals surface area contributed by atoms with Crippen molar-refractivity contribution in [2.75, 3.05) is 41.0 Å². The molecule has 8 heteroatoms. The molecule has 2 atom stereocenters. The van der Waals surface area contributed by atoms with Crippen LogP contribution in [0.25, 0.3) is 0 Å². The summed E-state index contributed by atoms with van der Waals surface area (Å²) in [7, 11) is 5.50. The van der Waals surface area contributed by atoms with E-state index in [0.717, 1.165) is 44.9 Å². The molecule has 0 aliphatic heterocycles. The predicted octanol–water partition coefficient (Wildman–Crippen LogP) is 12.0. The minimum atomic E-state index is -0.886. The van der Waals surface area contributed by atoms with Crippen molar-refractivity contribution in [2.45, 2.75) is 193 Å². The second kappa shape index (κ2) is 38.2. The van der Waals surface area contributed by atoms with Gasteiger partial charge in [0.2, 0.25) is 0 Å². The average molecular weight is 775 g/mol. The number of allylic oxidation sites excluding steroid dienone is 8. The topological polar surface area (TPSA) is 99.1 Å². The number of ether oxygens (including phenoxy) is 3. The minimum absolute atomic E-state index is 0.0334. The largest absolute Gasteiger partial charge is 0.477 e. The summed E-state index contributed by atoms with van der Waals surface area (Å²) in [5.74, 6) is -1.57. The fourth-order valence-electron chi connectivity index (χ4n) is 6.34. The van der Waals surface area contributed by atoms with Gasteiger partial charge in [-0.1, -0.05) is 172 Å². The molecule has 0 amide bonds. The third kappa shape index (κ3) is 36.7. The summed E-state index contributed by atoms with van der Waals surface area (Å²) < 4.78 is 17.2. The number of quaternary nitrogens is 1. The van der Waals surface area contributed by atoms with Crippen LogP contribution in [0, 0.1) is 0 Å². The maximum absolute atomic E-state index is 12.7. The molecule has 0 aromatic carbocycles. The first-order chi connectivity index (χ1) is 26.6. The van der Waals surface area contributed by atoms with Crippen molar-refractivity contribution >= 4 is 17.9 Å². The van der Waals surface area contributed by atoms with E-state index in [4.69, 9.17) is 14.2 Å². The van der Waals surface area contributed by atoms with Crippen LogP contribution in [0.2, 0.25) is 0 Å². The number of rotatable bonds is 39. The Labute approximate surface area is 337 Å². The molecule has 8 nitrogen and oxygen atoms in total. The molecule has 0 aromatic rings. The Morgan fingerprint density at radius 2 is 1.02 bits per heavy atom. The molecular formula is C47H84NO7+. The van der Waals surface area contributed by atoms with E-state index in [1.165, 1.54) is 96.3 Å². The normalized spacial score (nSPS) is 13.4. The van der Waals surface area contributed by atoms with Crippen molar-refractivity contribution in [1.82, 2.24) is 0 Å². The third-order valence-electron chi connectivity index (χ3n) is 9.76. The van der Waals surface area contributed by atoms with E-state index < -0.39 is 18.1 Å². The summed E-state index contributed by atoms with van der Waals surface area (Å²) in [5, 5.41) is 9.61. The van der Waals surface area contributed by atoms with E-state index in [2.05, 4.69) is 50.3 Å². The van der Waals surface area contributed by atoms with Gasteiger partial charge in [-0.05, 0) is 38.5 Å². The summed E-state index contributed by atoms with van der Waals surface area (Å²) >= 11 is 0. The molecule has 1 N–H and O–H groups in total. The zero-order chi connectivity index (χ0) is 40.7. The van der Waals surface area contributed by atoms with Crippen molar-refractivity contribution in [1.29, 1.82) is 0 Å². The number of hydrogen-bond donors (Lipinski definition) is 1. The van der Waals surface area contributed by atoms with Gasteiger partial charge in [-0.3, -0.25) is 9.59 Å². The van der Waals surface area contributed by atoms with Crippen LogP contribution in [0.1, 0.15) is 181 Å². The Morgan fingerprint density at radius 3 is 1.47 bits per heavy atom. The van der Waals surface area contributed by atoms with Crippen LogP contribution in [0.3, 0.4) is 0 Å². The van der Waals surface area contributed by atoms with Crippen LogP contribution in [0.15, 0.2) is 48.6 Å². The van der Waals surface area contributed by atoms with Crippen LogP contribution in [0.4, 0.5) is 0 Å². The number of esters is 2. The molecule has 0 spiro atoms. The van der Waals surface area contributed by atoms with Crippen LogP contribution in [0.5, 0.6) is 0 Å². The summed E-state index contributed by atoms with van der Waals surface area (Å²) in [5.41, 5.74) is 0. The van der Waals surface area contributed by atoms with E-state index in [0.29, 0.717) is 19.3 Å². The second-order valence-corrected chi connectivity index (χ2v) is 15.9. The number of unbranched alkanes of at least 4 members (excludes halogenated alkanes) is 17. The first-order valence-electron chi connectivity index (χ1n) is 22.2. The lowest BCUT2D eigenvalue weighted by Crippen LogP contribution is -2.50. The summed E-state index contributed by atoms with van der Waals surface area (Å²) in [6, 6.07) is -0.626. The van der Waals surface area contributed by atoms with E-state index in [1.54, 1.807) is 0 Å². The predicted molar refractivity (Wildman–Crippen MR) is 229 cm³/mol. The highest BCUT2D eigenvalue weighted by Gasteiger charge is 2.31. The van der Waals surface area contributed by atoms with Gasteiger partial charge in [0.15, 0.2) is 12.1 Å². The number of carbonyl (C=O) groups excluding carboxylic acids is 2. The standard InChI is InChI=1S/C47H83NO7/c1-6-8-10-12-14-16-18-20-21-22-23-24-26-27-29-31-33-35-37-45(49)54-42-43(41-53-40-39-44(47(51)52)48(3,4)5)55-46(50)38-36-34-32-30-28-25-19-17-15-13-11-9-7-2/h9,11,15,17,25,28,32,34,43-44H,6-8,10,12-14,16,18-24,26-27,29-31,33,35-42H2,1-5H3/p+1/b11-9-,17-15-,28-25-,34-32-. The van der Waals surface area contributed by atoms with Gasteiger partial charge in [-0.15, -0.1) is 0 Å². The molecule has 0 heterocycles. The summed E-state index contributed by atoms with van der Waals surface area (Å²) in [4.78, 5) is 36.9. The van der Waals surface area contributed by atoms with Gasteiger partial charge < -0.3 is 23.8 Å². The summed E-state index contributed by atoms with van der Waals surface area (Å²) in [6.07, 6.45) is 44.6. The molecule has 0 aromatic heterocycles. The van der Waals surface area contributed by atoms with E-state index in [-0.39, 0.29) is 42.7 Å². The molecule has 55 heavy (non-hydrogen) atoms. The monoisotopic (exact) mass is 775 g/mol. The number of likely N-dealkylation sites (N-methyl/N-ethyl adjacent to an activating group) is 1. The minimum Gasteiger partial charge on any atom is -0.477 e. The van der Waals surface area contributed by atoms with Crippen LogP contribution < -0.4 is 0 Å². The number of aliphatic carboxylic acids is 1. The molecule has 318 valence electrons. The molecule has 0 saturated heterocycles. The first-order valence-corrected chi connectivity index (χ1v) is 22.2. The Morgan fingerprint density at radius 1 is 0.564 bits per heavy atom. The van der Waals surface area contributed by atoms with Gasteiger partial charge in [0, 0.05) is 19.3 Å². The highest BCUT2D eigenvalue weighted by molar-refractivity contribution is 5.72. The molecule has 2 unspecified atom stereocenters. The number of hydrogen-bond acceptors (Lipinski definition) is 6. The maximum Gasteiger partial charge on any atom is 0.362 e. The Hall–Kier alpha value is -2.71. The first kappa shape index (κ1) is 52.3. The highest BCUT2D eigenvalue weighted by Crippen LogP contribution is 2.15. The maximum atomic E-state index is 12.7. The molecule has 0 aliphatic rings. The van der Waals surface area contributed by atoms with Gasteiger partial charge in [-0.25, -0.2) is 4.79 Å². The van der Waals surface area contributed by atoms with Gasteiger partial charge in [0.05, 0.1) is 34.4 Å². The Bertz CT molecular complexity index is 1040. The fraction of sp³-hybridized carbons (Fsp3) is 0.766. The number of carboxylic acids is 1. The molecular weight excluding hydrogens is 691 g/mol. The smallest absolute Gasteiger partial charge is 0.362 e. The number of nitrogens with zero attached hydrogens (tertiary/aromatic N) is 1. The van der Waals surface area contributed by atoms with E-state index in [1.807, 2.05) is 33.3 Å². The van der Waals surface area contributed by atoms with Crippen molar-refractivity contribution in [3.8, 4) is 0 Å². The Balaban J connectivity index is 4.36. The van der Waals surface area contributed by atoms with Crippen molar-refractivity contribution in [2.24, 2.45) is 0 Å². The van der Waals surface area contributed by atoms with Crippen molar-refractivity contribution < 1.29 is 38.2 Å². The zero-order valence-corrected chi connectivity index (χ0v) is 36.1. The summed E-state index contributed by atoms with van der Waals surface area (Å²) in [6.45, 7) is 4.55. The van der Waals surface area contributed by atoms with Crippen molar-refractivity contribution in [3.63, 3.8) is 0 Å². The zero-order valence-electron chi connectivity index (χ0n) is 36.1. The van der Waals surface area contributed by atoms with Gasteiger partial charge >= 0.3 is 17.9 Å². The Kier molecular flexibility index (Phi) is 36.3. The molecule has 0 fully saturated rings. The van der Waals surface area contributed by atoms with Crippen molar-refractivity contribution in [3.05, 3.63) is 48.6 Å². The number of carbonyl (C=O) groups is 3. The lowest BCUT2D eigenvalue weighted by atomic mass is 10.0. The van der Waals surface area contributed by atoms with E-state index >= 15 is 0 Å². The molecule has 0 bridgehead atoms. The van der Waals surface area contributed by atoms with Gasteiger partial charge in [0.25, 0.3) is 0 Å². The van der Waals surface area contributed by atoms with Gasteiger partial charge in [-0.2, -0.15) is 0 Å². The molecule has 0 saturated carbocycles. The highest BCUT2D eigenvalue weighted by atomic mass is 16.6.